The summed E-state index contributed by atoms with van der Waals surface area (Å²) in [6.07, 6.45) is 4.71. The predicted molar refractivity (Wildman–Crippen MR) is 77.4 cm³/mol. The van der Waals surface area contributed by atoms with Crippen molar-refractivity contribution in [2.75, 3.05) is 0 Å². The summed E-state index contributed by atoms with van der Waals surface area (Å²) in [6, 6.07) is 9.96. The molecule has 0 aliphatic heterocycles. The van der Waals surface area contributed by atoms with Crippen molar-refractivity contribution in [1.29, 1.82) is 0 Å². The Kier molecular flexibility index (Phi) is 4.97. The van der Waals surface area contributed by atoms with Gasteiger partial charge in [-0.05, 0) is 30.2 Å². The fraction of sp³-hybridized carbons (Fsp3) is 0.562. The van der Waals surface area contributed by atoms with Gasteiger partial charge >= 0.3 is 0 Å². The van der Waals surface area contributed by atoms with Crippen molar-refractivity contribution in [3.63, 3.8) is 0 Å². The maximum atomic E-state index is 11.7. The van der Waals surface area contributed by atoms with Gasteiger partial charge in [0, 0.05) is 6.54 Å². The minimum absolute atomic E-state index is 0.192. The molecule has 3 N–H and O–H groups in total. The van der Waals surface area contributed by atoms with E-state index >= 15 is 0 Å². The minimum atomic E-state index is -0.213. The van der Waals surface area contributed by atoms with Crippen LogP contribution in [0.4, 0.5) is 0 Å². The van der Waals surface area contributed by atoms with Crippen molar-refractivity contribution in [3.8, 4) is 0 Å². The molecule has 0 spiro atoms. The van der Waals surface area contributed by atoms with Crippen LogP contribution in [0.1, 0.15) is 38.2 Å². The summed E-state index contributed by atoms with van der Waals surface area (Å²) in [5.41, 5.74) is 6.77. The third-order valence-corrected chi connectivity index (χ3v) is 4.12. The SMILES string of the molecule is CC1CCCC(C(NCc2ccccc2)C(N)=O)C1. The fourth-order valence-electron chi connectivity index (χ4n) is 3.11. The number of nitrogens with two attached hydrogens (primary N) is 1. The van der Waals surface area contributed by atoms with Crippen LogP contribution in [0.25, 0.3) is 0 Å². The van der Waals surface area contributed by atoms with E-state index in [1.54, 1.807) is 0 Å². The van der Waals surface area contributed by atoms with E-state index in [9.17, 15) is 4.79 Å². The fourth-order valence-corrected chi connectivity index (χ4v) is 3.11. The Labute approximate surface area is 115 Å². The van der Waals surface area contributed by atoms with Crippen molar-refractivity contribution >= 4 is 5.91 Å². The van der Waals surface area contributed by atoms with E-state index in [4.69, 9.17) is 5.73 Å². The molecule has 1 aromatic carbocycles. The standard InChI is InChI=1S/C16H24N2O/c1-12-6-5-9-14(10-12)15(16(17)19)18-11-13-7-3-2-4-8-13/h2-4,7-8,12,14-15,18H,5-6,9-11H2,1H3,(H2,17,19). The normalized spacial score (nSPS) is 24.9. The largest absolute Gasteiger partial charge is 0.368 e. The second-order valence-electron chi connectivity index (χ2n) is 5.78. The average Bonchev–Trinajstić information content (AvgIpc) is 2.40. The molecule has 0 aromatic heterocycles. The van der Waals surface area contributed by atoms with E-state index in [2.05, 4.69) is 24.4 Å². The lowest BCUT2D eigenvalue weighted by Crippen LogP contribution is -2.47. The molecule has 1 saturated carbocycles. The maximum Gasteiger partial charge on any atom is 0.234 e. The van der Waals surface area contributed by atoms with Crippen LogP contribution < -0.4 is 11.1 Å². The molecule has 3 heteroatoms. The average molecular weight is 260 g/mol. The van der Waals surface area contributed by atoms with Crippen LogP contribution in [0.2, 0.25) is 0 Å². The topological polar surface area (TPSA) is 55.1 Å². The van der Waals surface area contributed by atoms with Crippen molar-refractivity contribution in [1.82, 2.24) is 5.32 Å². The Bertz CT molecular complexity index is 404. The molecule has 0 radical (unpaired) electrons. The van der Waals surface area contributed by atoms with Crippen LogP contribution in [-0.4, -0.2) is 11.9 Å². The molecule has 3 atom stereocenters. The summed E-state index contributed by atoms with van der Waals surface area (Å²) in [7, 11) is 0. The third-order valence-electron chi connectivity index (χ3n) is 4.12. The quantitative estimate of drug-likeness (QED) is 0.854. The van der Waals surface area contributed by atoms with Crippen LogP contribution in [0.5, 0.6) is 0 Å². The molecule has 3 nitrogen and oxygen atoms in total. The lowest BCUT2D eigenvalue weighted by molar-refractivity contribution is -0.121. The number of rotatable bonds is 5. The Hall–Kier alpha value is -1.35. The molecular weight excluding hydrogens is 236 g/mol. The summed E-state index contributed by atoms with van der Waals surface area (Å²) in [5.74, 6) is 0.888. The van der Waals surface area contributed by atoms with Gasteiger partial charge in [0.1, 0.15) is 0 Å². The summed E-state index contributed by atoms with van der Waals surface area (Å²) in [5, 5.41) is 3.35. The summed E-state index contributed by atoms with van der Waals surface area (Å²) < 4.78 is 0. The van der Waals surface area contributed by atoms with Gasteiger partial charge in [0.15, 0.2) is 0 Å². The first-order valence-electron chi connectivity index (χ1n) is 7.23. The lowest BCUT2D eigenvalue weighted by atomic mass is 9.78. The van der Waals surface area contributed by atoms with E-state index in [-0.39, 0.29) is 11.9 Å². The van der Waals surface area contributed by atoms with E-state index in [0.29, 0.717) is 18.4 Å². The maximum absolute atomic E-state index is 11.7. The van der Waals surface area contributed by atoms with Gasteiger partial charge in [-0.2, -0.15) is 0 Å². The van der Waals surface area contributed by atoms with E-state index in [1.807, 2.05) is 18.2 Å². The van der Waals surface area contributed by atoms with Crippen molar-refractivity contribution in [3.05, 3.63) is 35.9 Å². The molecule has 1 fully saturated rings. The number of amides is 1. The number of nitrogens with one attached hydrogen (secondary N) is 1. The van der Waals surface area contributed by atoms with Gasteiger partial charge < -0.3 is 11.1 Å². The monoisotopic (exact) mass is 260 g/mol. The Morgan fingerprint density at radius 2 is 2.11 bits per heavy atom. The molecule has 1 amide bonds. The third kappa shape index (κ3) is 4.06. The first-order valence-corrected chi connectivity index (χ1v) is 7.23. The molecule has 19 heavy (non-hydrogen) atoms. The zero-order chi connectivity index (χ0) is 13.7. The molecule has 2 rings (SSSR count). The highest BCUT2D eigenvalue weighted by Gasteiger charge is 2.29. The van der Waals surface area contributed by atoms with Crippen LogP contribution >= 0.6 is 0 Å². The molecule has 3 unspecified atom stereocenters. The number of carbonyl (C=O) groups is 1. The van der Waals surface area contributed by atoms with Crippen LogP contribution in [0.15, 0.2) is 30.3 Å². The van der Waals surface area contributed by atoms with Gasteiger partial charge in [-0.3, -0.25) is 4.79 Å². The number of hydrogen-bond donors (Lipinski definition) is 2. The van der Waals surface area contributed by atoms with Gasteiger partial charge in [0.2, 0.25) is 5.91 Å². The highest BCUT2D eigenvalue weighted by atomic mass is 16.1. The summed E-state index contributed by atoms with van der Waals surface area (Å²) >= 11 is 0. The molecule has 0 saturated heterocycles. The molecule has 1 aliphatic carbocycles. The van der Waals surface area contributed by atoms with Gasteiger partial charge in [-0.25, -0.2) is 0 Å². The first-order chi connectivity index (χ1) is 9.16. The summed E-state index contributed by atoms with van der Waals surface area (Å²) in [4.78, 5) is 11.7. The molecular formula is C16H24N2O. The highest BCUT2D eigenvalue weighted by molar-refractivity contribution is 5.80. The second kappa shape index (κ2) is 6.71. The van der Waals surface area contributed by atoms with Crippen LogP contribution in [0.3, 0.4) is 0 Å². The van der Waals surface area contributed by atoms with Gasteiger partial charge in [-0.15, -0.1) is 0 Å². The lowest BCUT2D eigenvalue weighted by Gasteiger charge is -2.32. The highest BCUT2D eigenvalue weighted by Crippen LogP contribution is 2.30. The van der Waals surface area contributed by atoms with Gasteiger partial charge in [-0.1, -0.05) is 50.1 Å². The van der Waals surface area contributed by atoms with Crippen LogP contribution in [-0.2, 0) is 11.3 Å². The Morgan fingerprint density at radius 3 is 2.74 bits per heavy atom. The van der Waals surface area contributed by atoms with E-state index in [0.717, 1.165) is 12.8 Å². The number of benzene rings is 1. The van der Waals surface area contributed by atoms with Crippen molar-refractivity contribution < 1.29 is 4.79 Å². The molecule has 0 heterocycles. The van der Waals surface area contributed by atoms with Crippen molar-refractivity contribution in [2.45, 2.75) is 45.2 Å². The van der Waals surface area contributed by atoms with Gasteiger partial charge in [0.05, 0.1) is 6.04 Å². The predicted octanol–water partition coefficient (Wildman–Crippen LogP) is 2.46. The Morgan fingerprint density at radius 1 is 1.37 bits per heavy atom. The molecule has 104 valence electrons. The number of carbonyl (C=O) groups excluding carboxylic acids is 1. The first kappa shape index (κ1) is 14.1. The minimum Gasteiger partial charge on any atom is -0.368 e. The zero-order valence-corrected chi connectivity index (χ0v) is 11.6. The van der Waals surface area contributed by atoms with Crippen LogP contribution in [0, 0.1) is 11.8 Å². The van der Waals surface area contributed by atoms with Gasteiger partial charge in [0.25, 0.3) is 0 Å². The molecule has 1 aliphatic rings. The zero-order valence-electron chi connectivity index (χ0n) is 11.6. The second-order valence-corrected chi connectivity index (χ2v) is 5.78. The smallest absolute Gasteiger partial charge is 0.234 e. The number of primary amides is 1. The van der Waals surface area contributed by atoms with Crippen molar-refractivity contribution in [2.24, 2.45) is 17.6 Å². The van der Waals surface area contributed by atoms with E-state index in [1.165, 1.54) is 18.4 Å². The molecule has 1 aromatic rings. The summed E-state index contributed by atoms with van der Waals surface area (Å²) in [6.45, 7) is 2.97. The van der Waals surface area contributed by atoms with E-state index < -0.39 is 0 Å². The Balaban J connectivity index is 1.94. The molecule has 0 bridgehead atoms. The number of hydrogen-bond acceptors (Lipinski definition) is 2.